The van der Waals surface area contributed by atoms with Crippen molar-refractivity contribution in [3.05, 3.63) is 21.3 Å². The van der Waals surface area contributed by atoms with Crippen molar-refractivity contribution in [3.8, 4) is 0 Å². The number of hydrogen-bond donors (Lipinski definition) is 1. The summed E-state index contributed by atoms with van der Waals surface area (Å²) in [5, 5.41) is 0. The van der Waals surface area contributed by atoms with Crippen LogP contribution in [0.4, 0.5) is 0 Å². The summed E-state index contributed by atoms with van der Waals surface area (Å²) in [7, 11) is 0. The maximum Gasteiger partial charge on any atom is 0.177 e. The summed E-state index contributed by atoms with van der Waals surface area (Å²) in [6.45, 7) is 2.47. The van der Waals surface area contributed by atoms with Gasteiger partial charge in [0.1, 0.15) is 0 Å². The Balaban J connectivity index is 2.72. The third-order valence-corrected chi connectivity index (χ3v) is 3.35. The molecule has 0 aliphatic heterocycles. The molecule has 0 amide bonds. The molecule has 78 valence electrons. The summed E-state index contributed by atoms with van der Waals surface area (Å²) in [5.74, 6) is 0.0842. The first-order valence-electron chi connectivity index (χ1n) is 4.68. The zero-order valence-corrected chi connectivity index (χ0v) is 9.70. The number of thiophene rings is 1. The highest BCUT2D eigenvalue weighted by Crippen LogP contribution is 2.24. The normalized spacial score (nSPS) is 12.8. The summed E-state index contributed by atoms with van der Waals surface area (Å²) >= 11 is 7.09. The fourth-order valence-electron chi connectivity index (χ4n) is 1.35. The molecule has 1 aromatic rings. The first-order chi connectivity index (χ1) is 6.69. The van der Waals surface area contributed by atoms with Crippen molar-refractivity contribution < 1.29 is 4.79 Å². The van der Waals surface area contributed by atoms with Gasteiger partial charge in [0.2, 0.25) is 0 Å². The van der Waals surface area contributed by atoms with Crippen LogP contribution in [-0.2, 0) is 0 Å². The lowest BCUT2D eigenvalue weighted by Crippen LogP contribution is -2.22. The molecule has 0 radical (unpaired) electrons. The van der Waals surface area contributed by atoms with E-state index in [1.807, 2.05) is 0 Å². The lowest BCUT2D eigenvalue weighted by molar-refractivity contribution is 0.0921. The van der Waals surface area contributed by atoms with Crippen molar-refractivity contribution in [3.63, 3.8) is 0 Å². The maximum absolute atomic E-state index is 11.9. The number of carbonyl (C=O) groups excluding carboxylic acids is 1. The zero-order valence-electron chi connectivity index (χ0n) is 8.13. The monoisotopic (exact) mass is 231 g/mol. The van der Waals surface area contributed by atoms with Crippen molar-refractivity contribution in [1.29, 1.82) is 0 Å². The summed E-state index contributed by atoms with van der Waals surface area (Å²) in [6, 6.07) is 3.52. The summed E-state index contributed by atoms with van der Waals surface area (Å²) in [6.07, 6.45) is 1.83. The van der Waals surface area contributed by atoms with Gasteiger partial charge in [-0.25, -0.2) is 0 Å². The van der Waals surface area contributed by atoms with Gasteiger partial charge in [0.05, 0.1) is 9.21 Å². The molecule has 0 saturated heterocycles. The van der Waals surface area contributed by atoms with Crippen LogP contribution in [0.2, 0.25) is 4.34 Å². The Morgan fingerprint density at radius 2 is 2.36 bits per heavy atom. The van der Waals surface area contributed by atoms with E-state index in [1.165, 1.54) is 11.3 Å². The van der Waals surface area contributed by atoms with Gasteiger partial charge >= 0.3 is 0 Å². The Labute approximate surface area is 93.1 Å². The van der Waals surface area contributed by atoms with E-state index in [4.69, 9.17) is 17.3 Å². The second kappa shape index (κ2) is 5.49. The van der Waals surface area contributed by atoms with Gasteiger partial charge in [0.15, 0.2) is 5.78 Å². The zero-order chi connectivity index (χ0) is 10.6. The van der Waals surface area contributed by atoms with E-state index in [-0.39, 0.29) is 11.7 Å². The van der Waals surface area contributed by atoms with Crippen LogP contribution < -0.4 is 5.73 Å². The summed E-state index contributed by atoms with van der Waals surface area (Å²) in [5.41, 5.74) is 5.55. The average molecular weight is 232 g/mol. The van der Waals surface area contributed by atoms with Crippen LogP contribution >= 0.6 is 22.9 Å². The van der Waals surface area contributed by atoms with Crippen LogP contribution in [0.3, 0.4) is 0 Å². The van der Waals surface area contributed by atoms with Gasteiger partial charge in [-0.2, -0.15) is 0 Å². The third-order valence-electron chi connectivity index (χ3n) is 2.11. The Morgan fingerprint density at radius 1 is 1.64 bits per heavy atom. The van der Waals surface area contributed by atoms with E-state index in [0.717, 1.165) is 17.7 Å². The van der Waals surface area contributed by atoms with Crippen LogP contribution in [0.15, 0.2) is 12.1 Å². The number of rotatable bonds is 5. The minimum atomic E-state index is -0.0466. The summed E-state index contributed by atoms with van der Waals surface area (Å²) in [4.78, 5) is 12.6. The average Bonchev–Trinajstić information content (AvgIpc) is 2.60. The molecule has 1 unspecified atom stereocenters. The quantitative estimate of drug-likeness (QED) is 0.792. The molecule has 0 aliphatic rings. The Bertz CT molecular complexity index is 311. The van der Waals surface area contributed by atoms with Crippen LogP contribution in [0.1, 0.15) is 29.4 Å². The molecule has 1 atom stereocenters. The number of ketones is 1. The summed E-state index contributed by atoms with van der Waals surface area (Å²) < 4.78 is 0.653. The van der Waals surface area contributed by atoms with E-state index in [0.29, 0.717) is 10.9 Å². The second-order valence-corrected chi connectivity index (χ2v) is 4.90. The van der Waals surface area contributed by atoms with Crippen molar-refractivity contribution in [2.24, 2.45) is 11.7 Å². The van der Waals surface area contributed by atoms with Crippen molar-refractivity contribution in [2.45, 2.75) is 19.8 Å². The van der Waals surface area contributed by atoms with Crippen LogP contribution in [0.25, 0.3) is 0 Å². The highest BCUT2D eigenvalue weighted by atomic mass is 35.5. The predicted octanol–water partition coefficient (Wildman–Crippen LogP) is 2.96. The lowest BCUT2D eigenvalue weighted by Gasteiger charge is -2.10. The Kier molecular flexibility index (Phi) is 4.58. The molecular weight excluding hydrogens is 218 g/mol. The van der Waals surface area contributed by atoms with Gasteiger partial charge < -0.3 is 5.73 Å². The van der Waals surface area contributed by atoms with Crippen LogP contribution in [-0.4, -0.2) is 12.3 Å². The van der Waals surface area contributed by atoms with Gasteiger partial charge in [-0.15, -0.1) is 11.3 Å². The molecule has 2 nitrogen and oxygen atoms in total. The highest BCUT2D eigenvalue weighted by molar-refractivity contribution is 7.18. The molecule has 0 saturated carbocycles. The fraction of sp³-hybridized carbons (Fsp3) is 0.500. The van der Waals surface area contributed by atoms with Crippen LogP contribution in [0, 0.1) is 5.92 Å². The molecule has 1 heterocycles. The maximum atomic E-state index is 11.9. The molecular formula is C10H14ClNOS. The largest absolute Gasteiger partial charge is 0.330 e. The molecule has 2 N–H and O–H groups in total. The standard InChI is InChI=1S/C10H14ClNOS/c1-2-3-7(6-12)10(13)8-4-5-9(11)14-8/h4-5,7H,2-3,6,12H2,1H3. The lowest BCUT2D eigenvalue weighted by atomic mass is 9.98. The van der Waals surface area contributed by atoms with E-state index in [2.05, 4.69) is 6.92 Å². The second-order valence-electron chi connectivity index (χ2n) is 3.19. The van der Waals surface area contributed by atoms with Crippen LogP contribution in [0.5, 0.6) is 0 Å². The molecule has 14 heavy (non-hydrogen) atoms. The van der Waals surface area contributed by atoms with Gasteiger partial charge in [-0.05, 0) is 18.6 Å². The first kappa shape index (κ1) is 11.7. The smallest absolute Gasteiger partial charge is 0.177 e. The van der Waals surface area contributed by atoms with Gasteiger partial charge in [-0.3, -0.25) is 4.79 Å². The SMILES string of the molecule is CCCC(CN)C(=O)c1ccc(Cl)s1. The number of Topliss-reactive ketones (excluding diaryl/α,β-unsaturated/α-hetero) is 1. The van der Waals surface area contributed by atoms with Gasteiger partial charge in [0.25, 0.3) is 0 Å². The van der Waals surface area contributed by atoms with Crippen molar-refractivity contribution >= 4 is 28.7 Å². The van der Waals surface area contributed by atoms with E-state index in [9.17, 15) is 4.79 Å². The van der Waals surface area contributed by atoms with E-state index < -0.39 is 0 Å². The topological polar surface area (TPSA) is 43.1 Å². The minimum absolute atomic E-state index is 0.0466. The van der Waals surface area contributed by atoms with Gasteiger partial charge in [-0.1, -0.05) is 24.9 Å². The Morgan fingerprint density at radius 3 is 2.79 bits per heavy atom. The minimum Gasteiger partial charge on any atom is -0.330 e. The molecule has 4 heteroatoms. The number of nitrogens with two attached hydrogens (primary N) is 1. The number of carbonyl (C=O) groups is 1. The molecule has 0 aliphatic carbocycles. The molecule has 1 rings (SSSR count). The van der Waals surface area contributed by atoms with E-state index >= 15 is 0 Å². The fourth-order valence-corrected chi connectivity index (χ4v) is 2.41. The molecule has 1 aromatic heterocycles. The van der Waals surface area contributed by atoms with E-state index in [1.54, 1.807) is 12.1 Å². The predicted molar refractivity (Wildman–Crippen MR) is 61.1 cm³/mol. The van der Waals surface area contributed by atoms with Gasteiger partial charge in [0, 0.05) is 12.5 Å². The molecule has 0 aromatic carbocycles. The van der Waals surface area contributed by atoms with Crippen molar-refractivity contribution in [1.82, 2.24) is 0 Å². The molecule has 0 bridgehead atoms. The Hall–Kier alpha value is -0.380. The first-order valence-corrected chi connectivity index (χ1v) is 5.88. The molecule has 0 fully saturated rings. The number of hydrogen-bond acceptors (Lipinski definition) is 3. The third kappa shape index (κ3) is 2.80. The molecule has 0 spiro atoms. The van der Waals surface area contributed by atoms with Crippen molar-refractivity contribution in [2.75, 3.05) is 6.54 Å². The number of halogens is 1. The highest BCUT2D eigenvalue weighted by Gasteiger charge is 2.18.